The normalized spacial score (nSPS) is 19.0. The first-order valence-corrected chi connectivity index (χ1v) is 9.77. The fourth-order valence-corrected chi connectivity index (χ4v) is 2.99. The molecule has 1 atom stereocenters. The van der Waals surface area contributed by atoms with Gasteiger partial charge in [-0.15, -0.1) is 24.0 Å². The lowest BCUT2D eigenvalue weighted by Gasteiger charge is -2.19. The zero-order valence-corrected chi connectivity index (χ0v) is 18.3. The number of ether oxygens (including phenoxy) is 2. The molecular weight excluding hydrogens is 445 g/mol. The summed E-state index contributed by atoms with van der Waals surface area (Å²) in [4.78, 5) is 4.08. The summed E-state index contributed by atoms with van der Waals surface area (Å²) in [6.45, 7) is 8.36. The van der Waals surface area contributed by atoms with E-state index in [4.69, 9.17) is 9.47 Å². The van der Waals surface area contributed by atoms with Crippen LogP contribution in [0.5, 0.6) is 0 Å². The van der Waals surface area contributed by atoms with Gasteiger partial charge in [-0.2, -0.15) is 0 Å². The van der Waals surface area contributed by atoms with E-state index in [-0.39, 0.29) is 35.8 Å². The summed E-state index contributed by atoms with van der Waals surface area (Å²) in [5.74, 6) is 0.695. The fraction of sp³-hybridized carbons (Fsp3) is 0.933. The van der Waals surface area contributed by atoms with Crippen LogP contribution in [-0.2, 0) is 19.3 Å². The maximum atomic E-state index is 12.0. The van der Waals surface area contributed by atoms with E-state index in [1.165, 1.54) is 0 Å². The lowest BCUT2D eigenvalue weighted by atomic mass is 10.3. The number of rotatable bonds is 8. The van der Waals surface area contributed by atoms with Crippen molar-refractivity contribution in [1.29, 1.82) is 0 Å². The molecule has 144 valence electrons. The minimum Gasteiger partial charge on any atom is -0.379 e. The average molecular weight is 477 g/mol. The highest BCUT2D eigenvalue weighted by atomic mass is 127. The van der Waals surface area contributed by atoms with Crippen LogP contribution in [0.4, 0.5) is 0 Å². The molecule has 1 saturated heterocycles. The number of nitrogens with zero attached hydrogens (tertiary/aromatic N) is 1. The van der Waals surface area contributed by atoms with E-state index >= 15 is 0 Å². The highest BCUT2D eigenvalue weighted by molar-refractivity contribution is 14.0. The Bertz CT molecular complexity index is 472. The van der Waals surface area contributed by atoms with Crippen LogP contribution in [-0.4, -0.2) is 70.9 Å². The summed E-state index contributed by atoms with van der Waals surface area (Å²) in [7, 11) is -1.45. The molecule has 0 aromatic heterocycles. The van der Waals surface area contributed by atoms with Crippen LogP contribution in [0.2, 0.25) is 0 Å². The second-order valence-electron chi connectivity index (χ2n) is 6.57. The summed E-state index contributed by atoms with van der Waals surface area (Å²) in [6.07, 6.45) is 2.06. The predicted octanol–water partition coefficient (Wildman–Crippen LogP) is 1.18. The topological polar surface area (TPSA) is 89.0 Å². The third kappa shape index (κ3) is 8.82. The Kier molecular flexibility index (Phi) is 11.4. The third-order valence-corrected chi connectivity index (χ3v) is 6.28. The van der Waals surface area contributed by atoms with Crippen molar-refractivity contribution >= 4 is 39.8 Å². The highest BCUT2D eigenvalue weighted by Gasteiger charge is 2.28. The Morgan fingerprint density at radius 1 is 1.29 bits per heavy atom. The molecule has 0 saturated carbocycles. The van der Waals surface area contributed by atoms with E-state index in [9.17, 15) is 8.42 Å². The first-order chi connectivity index (χ1) is 10.8. The number of sulfone groups is 1. The van der Waals surface area contributed by atoms with E-state index in [2.05, 4.69) is 15.6 Å². The van der Waals surface area contributed by atoms with Crippen LogP contribution in [0, 0.1) is 0 Å². The Labute approximate surface area is 163 Å². The van der Waals surface area contributed by atoms with Gasteiger partial charge in [-0.05, 0) is 33.6 Å². The minimum absolute atomic E-state index is 0. The van der Waals surface area contributed by atoms with Crippen molar-refractivity contribution in [2.24, 2.45) is 4.99 Å². The van der Waals surface area contributed by atoms with Gasteiger partial charge < -0.3 is 20.1 Å². The number of guanidine groups is 1. The lowest BCUT2D eigenvalue weighted by Crippen LogP contribution is -2.42. The lowest BCUT2D eigenvalue weighted by molar-refractivity contribution is 0.0420. The SMILES string of the molecule is CN=C(NCCCOC1CCOC1)NCCS(=O)(=O)C(C)(C)C.I. The van der Waals surface area contributed by atoms with Crippen molar-refractivity contribution in [2.45, 2.75) is 44.5 Å². The molecule has 2 N–H and O–H groups in total. The van der Waals surface area contributed by atoms with Gasteiger partial charge in [-0.25, -0.2) is 8.42 Å². The van der Waals surface area contributed by atoms with E-state index in [1.54, 1.807) is 27.8 Å². The maximum absolute atomic E-state index is 12.0. The summed E-state index contributed by atoms with van der Waals surface area (Å²) in [6, 6.07) is 0. The molecule has 1 fully saturated rings. The van der Waals surface area contributed by atoms with E-state index in [1.807, 2.05) is 0 Å². The second-order valence-corrected chi connectivity index (χ2v) is 9.43. The van der Waals surface area contributed by atoms with Gasteiger partial charge in [0.05, 0.1) is 23.2 Å². The van der Waals surface area contributed by atoms with Crippen molar-refractivity contribution in [3.05, 3.63) is 0 Å². The molecule has 0 bridgehead atoms. The number of halogens is 1. The monoisotopic (exact) mass is 477 g/mol. The molecule has 1 aliphatic rings. The van der Waals surface area contributed by atoms with Crippen LogP contribution in [0.25, 0.3) is 0 Å². The largest absolute Gasteiger partial charge is 0.379 e. The van der Waals surface area contributed by atoms with Gasteiger partial charge in [0.2, 0.25) is 0 Å². The minimum atomic E-state index is -3.12. The zero-order chi connectivity index (χ0) is 17.3. The van der Waals surface area contributed by atoms with E-state index in [0.717, 1.165) is 26.0 Å². The van der Waals surface area contributed by atoms with E-state index < -0.39 is 14.6 Å². The van der Waals surface area contributed by atoms with Gasteiger partial charge in [0.1, 0.15) is 0 Å². The van der Waals surface area contributed by atoms with E-state index in [0.29, 0.717) is 25.7 Å². The molecule has 0 aromatic rings. The smallest absolute Gasteiger partial charge is 0.191 e. The predicted molar refractivity (Wildman–Crippen MR) is 108 cm³/mol. The average Bonchev–Trinajstić information content (AvgIpc) is 2.97. The molecule has 1 rings (SSSR count). The Balaban J connectivity index is 0.00000529. The second kappa shape index (κ2) is 11.5. The molecule has 0 amide bonds. The summed E-state index contributed by atoms with van der Waals surface area (Å²) in [5, 5.41) is 6.18. The molecular formula is C15H32IN3O4S. The van der Waals surface area contributed by atoms with Gasteiger partial charge in [0.25, 0.3) is 0 Å². The molecule has 1 aliphatic heterocycles. The number of hydrogen-bond donors (Lipinski definition) is 2. The molecule has 1 unspecified atom stereocenters. The summed E-state index contributed by atoms with van der Waals surface area (Å²) >= 11 is 0. The summed E-state index contributed by atoms with van der Waals surface area (Å²) in [5.41, 5.74) is 0. The first kappa shape index (κ1) is 23.9. The zero-order valence-electron chi connectivity index (χ0n) is 15.1. The molecule has 24 heavy (non-hydrogen) atoms. The van der Waals surface area contributed by atoms with Crippen molar-refractivity contribution in [2.75, 3.05) is 45.7 Å². The van der Waals surface area contributed by atoms with Crippen LogP contribution >= 0.6 is 24.0 Å². The highest BCUT2D eigenvalue weighted by Crippen LogP contribution is 2.15. The van der Waals surface area contributed by atoms with Crippen LogP contribution in [0.15, 0.2) is 4.99 Å². The van der Waals surface area contributed by atoms with Crippen LogP contribution in [0.1, 0.15) is 33.6 Å². The first-order valence-electron chi connectivity index (χ1n) is 8.12. The quantitative estimate of drug-likeness (QED) is 0.236. The Hall–Kier alpha value is -0.130. The van der Waals surface area contributed by atoms with Crippen molar-refractivity contribution in [3.63, 3.8) is 0 Å². The molecule has 0 aliphatic carbocycles. The van der Waals surface area contributed by atoms with Gasteiger partial charge in [-0.1, -0.05) is 0 Å². The number of aliphatic imine (C=N–C) groups is 1. The standard InChI is InChI=1S/C15H31N3O4S.HI/c1-15(2,3)23(19,20)11-8-18-14(16-4)17-7-5-9-22-13-6-10-21-12-13;/h13H,5-12H2,1-4H3,(H2,16,17,18);1H. The van der Waals surface area contributed by atoms with Gasteiger partial charge in [0, 0.05) is 33.4 Å². The number of hydrogen-bond acceptors (Lipinski definition) is 5. The maximum Gasteiger partial charge on any atom is 0.191 e. The van der Waals surface area contributed by atoms with Crippen LogP contribution in [0.3, 0.4) is 0 Å². The fourth-order valence-electron chi connectivity index (χ4n) is 2.00. The van der Waals surface area contributed by atoms with Gasteiger partial charge in [0.15, 0.2) is 15.8 Å². The van der Waals surface area contributed by atoms with Crippen molar-refractivity contribution < 1.29 is 17.9 Å². The molecule has 0 radical (unpaired) electrons. The van der Waals surface area contributed by atoms with Gasteiger partial charge in [-0.3, -0.25) is 4.99 Å². The Morgan fingerprint density at radius 3 is 2.50 bits per heavy atom. The van der Waals surface area contributed by atoms with Crippen molar-refractivity contribution in [3.8, 4) is 0 Å². The molecule has 1 heterocycles. The molecule has 0 spiro atoms. The van der Waals surface area contributed by atoms with Crippen LogP contribution < -0.4 is 10.6 Å². The Morgan fingerprint density at radius 2 is 1.96 bits per heavy atom. The third-order valence-electron chi connectivity index (χ3n) is 3.67. The molecule has 9 heteroatoms. The summed E-state index contributed by atoms with van der Waals surface area (Å²) < 4.78 is 34.2. The van der Waals surface area contributed by atoms with Gasteiger partial charge >= 0.3 is 0 Å². The molecule has 7 nitrogen and oxygen atoms in total. The molecule has 0 aromatic carbocycles. The van der Waals surface area contributed by atoms with Crippen molar-refractivity contribution in [1.82, 2.24) is 10.6 Å². The number of nitrogens with one attached hydrogen (secondary N) is 2.